The van der Waals surface area contributed by atoms with Gasteiger partial charge in [-0.05, 0) is 23.8 Å². The Balaban J connectivity index is 1.88. The van der Waals surface area contributed by atoms with Crippen molar-refractivity contribution >= 4 is 16.9 Å². The van der Waals surface area contributed by atoms with Crippen LogP contribution in [0.25, 0.3) is 22.3 Å². The molecule has 28 heavy (non-hydrogen) atoms. The standard InChI is InChI=1S/C21H19N5O2/c1-25(28-2)21(27)17-12-19(16-6-4-3-5-7-16)24-20-18(17)13-23-26(20)14-15-8-10-22-11-9-15/h3-13H,14H2,1-2H3. The van der Waals surface area contributed by atoms with Crippen molar-refractivity contribution in [3.8, 4) is 11.3 Å². The topological polar surface area (TPSA) is 73.1 Å². The van der Waals surface area contributed by atoms with Crippen molar-refractivity contribution in [2.24, 2.45) is 0 Å². The van der Waals surface area contributed by atoms with Gasteiger partial charge >= 0.3 is 0 Å². The number of pyridine rings is 2. The van der Waals surface area contributed by atoms with Gasteiger partial charge in [0.25, 0.3) is 5.91 Å². The molecule has 0 aliphatic rings. The number of rotatable bonds is 5. The Labute approximate surface area is 162 Å². The Kier molecular flexibility index (Phi) is 4.82. The van der Waals surface area contributed by atoms with E-state index in [1.54, 1.807) is 36.4 Å². The molecule has 140 valence electrons. The predicted octanol–water partition coefficient (Wildman–Crippen LogP) is 3.18. The maximum atomic E-state index is 12.9. The number of hydrogen-bond donors (Lipinski definition) is 0. The second-order valence-electron chi connectivity index (χ2n) is 6.30. The van der Waals surface area contributed by atoms with Crippen molar-refractivity contribution in [1.29, 1.82) is 0 Å². The van der Waals surface area contributed by atoms with Gasteiger partial charge < -0.3 is 0 Å². The van der Waals surface area contributed by atoms with Gasteiger partial charge in [0.15, 0.2) is 5.65 Å². The molecule has 0 saturated carbocycles. The summed E-state index contributed by atoms with van der Waals surface area (Å²) in [4.78, 5) is 26.8. The largest absolute Gasteiger partial charge is 0.278 e. The third kappa shape index (κ3) is 3.35. The lowest BCUT2D eigenvalue weighted by Crippen LogP contribution is -2.25. The van der Waals surface area contributed by atoms with Gasteiger partial charge in [-0.1, -0.05) is 30.3 Å². The van der Waals surface area contributed by atoms with E-state index in [4.69, 9.17) is 9.82 Å². The zero-order valence-corrected chi connectivity index (χ0v) is 15.6. The Bertz CT molecular complexity index is 1110. The lowest BCUT2D eigenvalue weighted by Gasteiger charge is -2.15. The lowest BCUT2D eigenvalue weighted by molar-refractivity contribution is -0.0755. The molecular formula is C21H19N5O2. The van der Waals surface area contributed by atoms with E-state index in [-0.39, 0.29) is 5.91 Å². The first-order valence-electron chi connectivity index (χ1n) is 8.80. The molecule has 0 radical (unpaired) electrons. The normalized spacial score (nSPS) is 10.9. The molecule has 4 rings (SSSR count). The fraction of sp³-hybridized carbons (Fsp3) is 0.143. The molecule has 1 aromatic carbocycles. The number of hydrogen-bond acceptors (Lipinski definition) is 5. The summed E-state index contributed by atoms with van der Waals surface area (Å²) < 4.78 is 1.79. The first-order chi connectivity index (χ1) is 13.7. The van der Waals surface area contributed by atoms with Crippen LogP contribution in [-0.2, 0) is 11.4 Å². The fourth-order valence-electron chi connectivity index (χ4n) is 3.01. The van der Waals surface area contributed by atoms with Crippen molar-refractivity contribution < 1.29 is 9.63 Å². The molecule has 0 spiro atoms. The number of carbonyl (C=O) groups is 1. The molecule has 3 heterocycles. The molecule has 1 amide bonds. The van der Waals surface area contributed by atoms with E-state index in [0.29, 0.717) is 28.8 Å². The number of nitrogens with zero attached hydrogens (tertiary/aromatic N) is 5. The van der Waals surface area contributed by atoms with Crippen molar-refractivity contribution in [3.05, 3.63) is 78.2 Å². The van der Waals surface area contributed by atoms with Crippen LogP contribution >= 0.6 is 0 Å². The van der Waals surface area contributed by atoms with Crippen LogP contribution in [0.2, 0.25) is 0 Å². The molecule has 0 bridgehead atoms. The summed E-state index contributed by atoms with van der Waals surface area (Å²) in [5, 5.41) is 6.36. The summed E-state index contributed by atoms with van der Waals surface area (Å²) in [6, 6.07) is 15.4. The van der Waals surface area contributed by atoms with Crippen LogP contribution in [0.3, 0.4) is 0 Å². The lowest BCUT2D eigenvalue weighted by atomic mass is 10.1. The number of amides is 1. The van der Waals surface area contributed by atoms with Crippen LogP contribution in [0, 0.1) is 0 Å². The molecule has 0 saturated heterocycles. The second kappa shape index (κ2) is 7.58. The third-order valence-electron chi connectivity index (χ3n) is 4.55. The highest BCUT2D eigenvalue weighted by molar-refractivity contribution is 6.06. The summed E-state index contributed by atoms with van der Waals surface area (Å²) in [5.41, 5.74) is 3.82. The predicted molar refractivity (Wildman–Crippen MR) is 105 cm³/mol. The van der Waals surface area contributed by atoms with E-state index in [0.717, 1.165) is 11.1 Å². The average molecular weight is 373 g/mol. The van der Waals surface area contributed by atoms with E-state index >= 15 is 0 Å². The molecule has 7 nitrogen and oxygen atoms in total. The Morgan fingerprint density at radius 3 is 2.61 bits per heavy atom. The maximum Gasteiger partial charge on any atom is 0.278 e. The summed E-state index contributed by atoms with van der Waals surface area (Å²) in [6.45, 7) is 0.533. The third-order valence-corrected chi connectivity index (χ3v) is 4.55. The first-order valence-corrected chi connectivity index (χ1v) is 8.80. The van der Waals surface area contributed by atoms with E-state index in [9.17, 15) is 4.79 Å². The Morgan fingerprint density at radius 2 is 1.89 bits per heavy atom. The number of fused-ring (bicyclic) bond motifs is 1. The van der Waals surface area contributed by atoms with Crippen LogP contribution in [0.15, 0.2) is 67.1 Å². The molecule has 4 aromatic rings. The Morgan fingerprint density at radius 1 is 1.14 bits per heavy atom. The maximum absolute atomic E-state index is 12.9. The highest BCUT2D eigenvalue weighted by atomic mass is 16.7. The fourth-order valence-corrected chi connectivity index (χ4v) is 3.01. The summed E-state index contributed by atoms with van der Waals surface area (Å²) in [6.07, 6.45) is 5.16. The van der Waals surface area contributed by atoms with E-state index in [1.165, 1.54) is 12.2 Å². The molecular weight excluding hydrogens is 354 g/mol. The molecule has 0 aliphatic heterocycles. The molecule has 0 fully saturated rings. The van der Waals surface area contributed by atoms with E-state index < -0.39 is 0 Å². The highest BCUT2D eigenvalue weighted by Crippen LogP contribution is 2.26. The average Bonchev–Trinajstić information content (AvgIpc) is 3.16. The quantitative estimate of drug-likeness (QED) is 0.503. The molecule has 3 aromatic heterocycles. The molecule has 0 unspecified atom stereocenters. The van der Waals surface area contributed by atoms with Gasteiger partial charge in [-0.25, -0.2) is 14.7 Å². The number of carbonyl (C=O) groups excluding carboxylic acids is 1. The van der Waals surface area contributed by atoms with Crippen molar-refractivity contribution in [1.82, 2.24) is 24.8 Å². The summed E-state index contributed by atoms with van der Waals surface area (Å²) >= 11 is 0. The smallest absolute Gasteiger partial charge is 0.274 e. The Hall–Kier alpha value is -3.58. The van der Waals surface area contributed by atoms with Gasteiger partial charge in [-0.3, -0.25) is 14.6 Å². The highest BCUT2D eigenvalue weighted by Gasteiger charge is 2.20. The minimum absolute atomic E-state index is 0.254. The SMILES string of the molecule is CON(C)C(=O)c1cc(-c2ccccc2)nc2c1cnn2Cc1ccncc1. The number of aromatic nitrogens is 4. The summed E-state index contributed by atoms with van der Waals surface area (Å²) in [7, 11) is 3.04. The molecule has 0 aliphatic carbocycles. The minimum Gasteiger partial charge on any atom is -0.274 e. The van der Waals surface area contributed by atoms with Crippen LogP contribution in [0.4, 0.5) is 0 Å². The van der Waals surface area contributed by atoms with E-state index in [1.807, 2.05) is 42.5 Å². The van der Waals surface area contributed by atoms with Crippen LogP contribution < -0.4 is 0 Å². The van der Waals surface area contributed by atoms with Gasteiger partial charge in [-0.2, -0.15) is 5.10 Å². The monoisotopic (exact) mass is 373 g/mol. The van der Waals surface area contributed by atoms with Gasteiger partial charge in [0, 0.05) is 25.0 Å². The van der Waals surface area contributed by atoms with Gasteiger partial charge in [0.05, 0.1) is 36.5 Å². The summed E-state index contributed by atoms with van der Waals surface area (Å²) in [5.74, 6) is -0.254. The zero-order chi connectivity index (χ0) is 19.5. The molecule has 0 atom stereocenters. The van der Waals surface area contributed by atoms with Crippen molar-refractivity contribution in [2.75, 3.05) is 14.2 Å². The molecule has 7 heteroatoms. The van der Waals surface area contributed by atoms with Gasteiger partial charge in [0.1, 0.15) is 0 Å². The zero-order valence-electron chi connectivity index (χ0n) is 15.6. The minimum atomic E-state index is -0.254. The number of benzene rings is 1. The van der Waals surface area contributed by atoms with Crippen LogP contribution in [0.1, 0.15) is 15.9 Å². The van der Waals surface area contributed by atoms with E-state index in [2.05, 4.69) is 10.1 Å². The first kappa shape index (κ1) is 17.8. The van der Waals surface area contributed by atoms with Crippen molar-refractivity contribution in [2.45, 2.75) is 6.54 Å². The van der Waals surface area contributed by atoms with Crippen molar-refractivity contribution in [3.63, 3.8) is 0 Å². The second-order valence-corrected chi connectivity index (χ2v) is 6.30. The van der Waals surface area contributed by atoms with Gasteiger partial charge in [-0.15, -0.1) is 0 Å². The van der Waals surface area contributed by atoms with Gasteiger partial charge in [0.2, 0.25) is 0 Å². The van der Waals surface area contributed by atoms with Crippen LogP contribution in [0.5, 0.6) is 0 Å². The molecule has 0 N–H and O–H groups in total. The van der Waals surface area contributed by atoms with Crippen LogP contribution in [-0.4, -0.2) is 44.9 Å². The number of hydroxylamine groups is 2.